The van der Waals surface area contributed by atoms with Gasteiger partial charge >= 0.3 is 6.03 Å². The van der Waals surface area contributed by atoms with Crippen LogP contribution in [0.25, 0.3) is 27.9 Å². The van der Waals surface area contributed by atoms with Crippen LogP contribution < -0.4 is 10.6 Å². The Balaban J connectivity index is 1.68. The van der Waals surface area contributed by atoms with Gasteiger partial charge in [0.1, 0.15) is 11.3 Å². The van der Waals surface area contributed by atoms with E-state index in [0.29, 0.717) is 17.9 Å². The fourth-order valence-corrected chi connectivity index (χ4v) is 3.83. The molecule has 4 aromatic heterocycles. The van der Waals surface area contributed by atoms with Crippen molar-refractivity contribution in [3.8, 4) is 11.3 Å². The SMILES string of the molecule is CNC(=O)Nc1cnn2c(C)cc(-c3cn(C4CCOC4)c4ncccc34)nc12. The molecule has 5 heterocycles. The molecule has 5 rings (SSSR count). The predicted molar refractivity (Wildman–Crippen MR) is 109 cm³/mol. The molecule has 0 radical (unpaired) electrons. The van der Waals surface area contributed by atoms with E-state index in [1.165, 1.54) is 0 Å². The van der Waals surface area contributed by atoms with Gasteiger partial charge in [-0.05, 0) is 31.5 Å². The molecule has 2 N–H and O–H groups in total. The van der Waals surface area contributed by atoms with Crippen LogP contribution in [0.3, 0.4) is 0 Å². The lowest BCUT2D eigenvalue weighted by molar-refractivity contribution is 0.187. The van der Waals surface area contributed by atoms with Crippen molar-refractivity contribution in [2.75, 3.05) is 25.6 Å². The number of hydrogen-bond donors (Lipinski definition) is 2. The Morgan fingerprint density at radius 1 is 1.34 bits per heavy atom. The van der Waals surface area contributed by atoms with Crippen LogP contribution in [-0.4, -0.2) is 50.4 Å². The molecule has 1 unspecified atom stereocenters. The molecule has 1 aliphatic heterocycles. The summed E-state index contributed by atoms with van der Waals surface area (Å²) in [4.78, 5) is 21.2. The summed E-state index contributed by atoms with van der Waals surface area (Å²) < 4.78 is 9.50. The number of hydrogen-bond acceptors (Lipinski definition) is 5. The molecule has 148 valence electrons. The quantitative estimate of drug-likeness (QED) is 0.560. The molecule has 29 heavy (non-hydrogen) atoms. The van der Waals surface area contributed by atoms with Crippen LogP contribution in [0.15, 0.2) is 36.8 Å². The van der Waals surface area contributed by atoms with Gasteiger partial charge in [-0.1, -0.05) is 0 Å². The highest BCUT2D eigenvalue weighted by Gasteiger charge is 2.23. The molecule has 1 fully saturated rings. The van der Waals surface area contributed by atoms with E-state index in [2.05, 4.69) is 37.5 Å². The second-order valence-electron chi connectivity index (χ2n) is 7.12. The number of aromatic nitrogens is 5. The summed E-state index contributed by atoms with van der Waals surface area (Å²) in [6, 6.07) is 5.95. The van der Waals surface area contributed by atoms with Gasteiger partial charge in [0.05, 0.1) is 24.5 Å². The number of pyridine rings is 1. The van der Waals surface area contributed by atoms with Crippen molar-refractivity contribution in [2.45, 2.75) is 19.4 Å². The van der Waals surface area contributed by atoms with Crippen LogP contribution in [-0.2, 0) is 4.74 Å². The molecule has 1 aliphatic rings. The third kappa shape index (κ3) is 2.90. The summed E-state index contributed by atoms with van der Waals surface area (Å²) in [5.41, 5.74) is 4.81. The smallest absolute Gasteiger partial charge is 0.319 e. The summed E-state index contributed by atoms with van der Waals surface area (Å²) >= 11 is 0. The van der Waals surface area contributed by atoms with Gasteiger partial charge in [0, 0.05) is 42.7 Å². The molecule has 9 heteroatoms. The number of aryl methyl sites for hydroxylation is 1. The molecule has 1 atom stereocenters. The highest BCUT2D eigenvalue weighted by atomic mass is 16.5. The van der Waals surface area contributed by atoms with Gasteiger partial charge in [0.2, 0.25) is 0 Å². The van der Waals surface area contributed by atoms with Crippen LogP contribution in [0.2, 0.25) is 0 Å². The van der Waals surface area contributed by atoms with E-state index < -0.39 is 0 Å². The number of carbonyl (C=O) groups excluding carboxylic acids is 1. The third-order valence-electron chi connectivity index (χ3n) is 5.29. The van der Waals surface area contributed by atoms with Crippen molar-refractivity contribution >= 4 is 28.4 Å². The first-order valence-corrected chi connectivity index (χ1v) is 9.53. The number of amides is 2. The van der Waals surface area contributed by atoms with Crippen molar-refractivity contribution in [1.82, 2.24) is 29.5 Å². The summed E-state index contributed by atoms with van der Waals surface area (Å²) in [5, 5.41) is 10.7. The van der Waals surface area contributed by atoms with Crippen molar-refractivity contribution in [2.24, 2.45) is 0 Å². The Bertz CT molecular complexity index is 1220. The Hall–Kier alpha value is -3.46. The number of ether oxygens (including phenoxy) is 1. The van der Waals surface area contributed by atoms with E-state index in [0.717, 1.165) is 41.0 Å². The maximum absolute atomic E-state index is 11.8. The van der Waals surface area contributed by atoms with Crippen molar-refractivity contribution in [3.63, 3.8) is 0 Å². The minimum atomic E-state index is -0.313. The van der Waals surface area contributed by atoms with E-state index in [4.69, 9.17) is 9.72 Å². The van der Waals surface area contributed by atoms with Crippen LogP contribution in [0.1, 0.15) is 18.2 Å². The van der Waals surface area contributed by atoms with E-state index in [1.807, 2.05) is 25.3 Å². The molecule has 0 spiro atoms. The molecule has 0 saturated carbocycles. The number of nitrogens with zero attached hydrogens (tertiary/aromatic N) is 5. The number of fused-ring (bicyclic) bond motifs is 2. The van der Waals surface area contributed by atoms with Gasteiger partial charge in [-0.3, -0.25) is 0 Å². The largest absolute Gasteiger partial charge is 0.379 e. The predicted octanol–water partition coefficient (Wildman–Crippen LogP) is 2.77. The minimum Gasteiger partial charge on any atom is -0.379 e. The minimum absolute atomic E-state index is 0.270. The topological polar surface area (TPSA) is 98.4 Å². The zero-order valence-electron chi connectivity index (χ0n) is 16.2. The van der Waals surface area contributed by atoms with Crippen LogP contribution >= 0.6 is 0 Å². The van der Waals surface area contributed by atoms with Gasteiger partial charge < -0.3 is 19.9 Å². The van der Waals surface area contributed by atoms with E-state index in [1.54, 1.807) is 17.8 Å². The third-order valence-corrected chi connectivity index (χ3v) is 5.29. The average molecular weight is 391 g/mol. The second kappa shape index (κ2) is 6.85. The number of carbonyl (C=O) groups is 1. The second-order valence-corrected chi connectivity index (χ2v) is 7.12. The van der Waals surface area contributed by atoms with Gasteiger partial charge in [-0.2, -0.15) is 5.10 Å². The molecular formula is C20H21N7O2. The van der Waals surface area contributed by atoms with Crippen molar-refractivity contribution in [1.29, 1.82) is 0 Å². The Morgan fingerprint density at radius 2 is 2.24 bits per heavy atom. The lowest BCUT2D eigenvalue weighted by Crippen LogP contribution is -2.24. The van der Waals surface area contributed by atoms with Gasteiger partial charge in [-0.15, -0.1) is 0 Å². The number of rotatable bonds is 3. The summed E-state index contributed by atoms with van der Waals surface area (Å²) in [6.45, 7) is 3.42. The van der Waals surface area contributed by atoms with Crippen LogP contribution in [0.4, 0.5) is 10.5 Å². The lowest BCUT2D eigenvalue weighted by Gasteiger charge is -2.10. The van der Waals surface area contributed by atoms with Gasteiger partial charge in [0.25, 0.3) is 0 Å². The molecule has 1 saturated heterocycles. The molecule has 2 amide bonds. The Morgan fingerprint density at radius 3 is 3.03 bits per heavy atom. The maximum atomic E-state index is 11.8. The standard InChI is InChI=1S/C20H21N7O2/c1-12-8-16(24-19-17(9-23-27(12)19)25-20(28)21-2)15-10-26(13-5-7-29-11-13)18-14(15)4-3-6-22-18/h3-4,6,8-10,13H,5,7,11H2,1-2H3,(H2,21,25,28). The molecule has 4 aromatic rings. The van der Waals surface area contributed by atoms with Gasteiger partial charge in [0.15, 0.2) is 5.65 Å². The first kappa shape index (κ1) is 17.6. The zero-order valence-corrected chi connectivity index (χ0v) is 16.2. The fraction of sp³-hybridized carbons (Fsp3) is 0.300. The van der Waals surface area contributed by atoms with E-state index in [9.17, 15) is 4.79 Å². The highest BCUT2D eigenvalue weighted by Crippen LogP contribution is 2.33. The first-order valence-electron chi connectivity index (χ1n) is 9.53. The monoisotopic (exact) mass is 391 g/mol. The molecule has 0 aliphatic carbocycles. The summed E-state index contributed by atoms with van der Waals surface area (Å²) in [5.74, 6) is 0. The lowest BCUT2D eigenvalue weighted by atomic mass is 10.1. The average Bonchev–Trinajstić information content (AvgIpc) is 3.46. The molecule has 0 aromatic carbocycles. The summed E-state index contributed by atoms with van der Waals surface area (Å²) in [6.07, 6.45) is 6.49. The number of urea groups is 1. The molecule has 0 bridgehead atoms. The van der Waals surface area contributed by atoms with E-state index in [-0.39, 0.29) is 12.1 Å². The van der Waals surface area contributed by atoms with Crippen molar-refractivity contribution in [3.05, 3.63) is 42.5 Å². The Kier molecular flexibility index (Phi) is 4.17. The van der Waals surface area contributed by atoms with Crippen molar-refractivity contribution < 1.29 is 9.53 Å². The van der Waals surface area contributed by atoms with Crippen LogP contribution in [0.5, 0.6) is 0 Å². The number of anilines is 1. The summed E-state index contributed by atoms with van der Waals surface area (Å²) in [7, 11) is 1.57. The first-order chi connectivity index (χ1) is 14.2. The van der Waals surface area contributed by atoms with Crippen LogP contribution in [0, 0.1) is 6.92 Å². The van der Waals surface area contributed by atoms with Gasteiger partial charge in [-0.25, -0.2) is 19.3 Å². The van der Waals surface area contributed by atoms with E-state index >= 15 is 0 Å². The Labute approximate surface area is 166 Å². The molecule has 9 nitrogen and oxygen atoms in total. The zero-order chi connectivity index (χ0) is 20.0. The highest BCUT2D eigenvalue weighted by molar-refractivity contribution is 5.95. The molecular weight excluding hydrogens is 370 g/mol. The maximum Gasteiger partial charge on any atom is 0.319 e. The fourth-order valence-electron chi connectivity index (χ4n) is 3.83. The normalized spacial score (nSPS) is 16.6. The number of nitrogens with one attached hydrogen (secondary N) is 2.